The van der Waals surface area contributed by atoms with E-state index in [4.69, 9.17) is 10.00 Å². The molecule has 3 nitrogen and oxygen atoms in total. The van der Waals surface area contributed by atoms with Gasteiger partial charge < -0.3 is 4.74 Å². The van der Waals surface area contributed by atoms with Crippen LogP contribution < -0.4 is 4.74 Å². The van der Waals surface area contributed by atoms with Crippen LogP contribution in [0.1, 0.15) is 29.8 Å². The van der Waals surface area contributed by atoms with E-state index < -0.39 is 0 Å². The maximum absolute atomic E-state index is 12.0. The number of ether oxygens (including phenoxy) is 1. The summed E-state index contributed by atoms with van der Waals surface area (Å²) in [6.07, 6.45) is 0.229. The van der Waals surface area contributed by atoms with Crippen LogP contribution in [0.3, 0.4) is 0 Å². The second-order valence-electron chi connectivity index (χ2n) is 3.57. The van der Waals surface area contributed by atoms with Crippen molar-refractivity contribution in [2.24, 2.45) is 0 Å². The summed E-state index contributed by atoms with van der Waals surface area (Å²) >= 11 is 3.25. The van der Waals surface area contributed by atoms with Crippen LogP contribution in [-0.2, 0) is 6.42 Å². The minimum atomic E-state index is -0.267. The second-order valence-corrected chi connectivity index (χ2v) is 4.94. The Morgan fingerprint density at radius 3 is 2.82 bits per heavy atom. The average molecular weight is 296 g/mol. The lowest BCUT2D eigenvalue weighted by atomic mass is 9.99. The molecule has 17 heavy (non-hydrogen) atoms. The molecule has 4 heteroatoms. The van der Waals surface area contributed by atoms with E-state index in [1.54, 1.807) is 25.1 Å². The average Bonchev–Trinajstić information content (AvgIpc) is 2.30. The molecular formula is C13H14BrNO2. The zero-order valence-electron chi connectivity index (χ0n) is 9.87. The molecule has 0 aliphatic rings. The Balaban J connectivity index is 3.16. The number of nitriles is 1. The number of halogens is 1. The van der Waals surface area contributed by atoms with Gasteiger partial charge >= 0.3 is 0 Å². The van der Waals surface area contributed by atoms with Gasteiger partial charge in [-0.05, 0) is 31.5 Å². The second kappa shape index (κ2) is 6.41. The van der Waals surface area contributed by atoms with Crippen molar-refractivity contribution < 1.29 is 9.53 Å². The van der Waals surface area contributed by atoms with Gasteiger partial charge in [0.2, 0.25) is 0 Å². The Kier molecular flexibility index (Phi) is 5.17. The van der Waals surface area contributed by atoms with Crippen LogP contribution in [0, 0.1) is 11.3 Å². The topological polar surface area (TPSA) is 50.1 Å². The van der Waals surface area contributed by atoms with Crippen molar-refractivity contribution in [2.45, 2.75) is 25.1 Å². The van der Waals surface area contributed by atoms with Crippen LogP contribution in [0.5, 0.6) is 5.75 Å². The summed E-state index contributed by atoms with van der Waals surface area (Å²) < 4.78 is 5.36. The molecule has 1 aromatic carbocycles. The van der Waals surface area contributed by atoms with Gasteiger partial charge in [-0.25, -0.2) is 0 Å². The minimum absolute atomic E-state index is 0.0307. The van der Waals surface area contributed by atoms with Gasteiger partial charge in [0.05, 0.1) is 23.9 Å². The number of Topliss-reactive ketones (excluding diaryl/α,β-unsaturated/α-hetero) is 1. The summed E-state index contributed by atoms with van der Waals surface area (Å²) in [5.41, 5.74) is 1.30. The Labute approximate surface area is 110 Å². The molecule has 1 aromatic rings. The molecule has 0 aliphatic heterocycles. The highest BCUT2D eigenvalue weighted by molar-refractivity contribution is 9.10. The van der Waals surface area contributed by atoms with E-state index in [9.17, 15) is 4.79 Å². The first-order chi connectivity index (χ1) is 8.10. The standard InChI is InChI=1S/C13H14BrNO2/c1-3-17-11-5-4-10(6-7-15)12(8-11)13(16)9(2)14/h4-5,8-9H,3,6H2,1-2H3. The molecule has 0 aliphatic carbocycles. The SMILES string of the molecule is CCOc1ccc(CC#N)c(C(=O)C(C)Br)c1. The zero-order valence-corrected chi connectivity index (χ0v) is 11.5. The number of benzene rings is 1. The summed E-state index contributed by atoms with van der Waals surface area (Å²) in [7, 11) is 0. The molecule has 0 spiro atoms. The third-order valence-electron chi connectivity index (χ3n) is 2.29. The van der Waals surface area contributed by atoms with Gasteiger partial charge in [0.25, 0.3) is 0 Å². The van der Waals surface area contributed by atoms with Crippen molar-refractivity contribution in [3.63, 3.8) is 0 Å². The number of carbonyl (C=O) groups is 1. The molecule has 0 saturated carbocycles. The fourth-order valence-electron chi connectivity index (χ4n) is 1.49. The molecule has 0 heterocycles. The van der Waals surface area contributed by atoms with E-state index in [0.29, 0.717) is 17.9 Å². The lowest BCUT2D eigenvalue weighted by Crippen LogP contribution is -2.13. The van der Waals surface area contributed by atoms with E-state index in [1.165, 1.54) is 0 Å². The van der Waals surface area contributed by atoms with Crippen LogP contribution >= 0.6 is 15.9 Å². The first-order valence-electron chi connectivity index (χ1n) is 5.41. The fourth-order valence-corrected chi connectivity index (χ4v) is 1.74. The van der Waals surface area contributed by atoms with Crippen LogP contribution in [0.15, 0.2) is 18.2 Å². The van der Waals surface area contributed by atoms with Gasteiger partial charge in [-0.15, -0.1) is 0 Å². The summed E-state index contributed by atoms with van der Waals surface area (Å²) in [5.74, 6) is 0.627. The number of carbonyl (C=O) groups excluding carboxylic acids is 1. The van der Waals surface area contributed by atoms with Gasteiger partial charge in [-0.3, -0.25) is 4.79 Å². The van der Waals surface area contributed by atoms with Crippen LogP contribution in [0.25, 0.3) is 0 Å². The van der Waals surface area contributed by atoms with Crippen LogP contribution in [-0.4, -0.2) is 17.2 Å². The van der Waals surface area contributed by atoms with Gasteiger partial charge in [0, 0.05) is 5.56 Å². The molecule has 0 bridgehead atoms. The molecule has 1 rings (SSSR count). The highest BCUT2D eigenvalue weighted by atomic mass is 79.9. The smallest absolute Gasteiger partial charge is 0.176 e. The number of hydrogen-bond donors (Lipinski definition) is 0. The molecule has 1 atom stereocenters. The molecule has 1 unspecified atom stereocenters. The van der Waals surface area contributed by atoms with E-state index in [0.717, 1.165) is 5.56 Å². The fraction of sp³-hybridized carbons (Fsp3) is 0.385. The van der Waals surface area contributed by atoms with Crippen molar-refractivity contribution in [3.8, 4) is 11.8 Å². The summed E-state index contributed by atoms with van der Waals surface area (Å²) in [5, 5.41) is 8.73. The van der Waals surface area contributed by atoms with Crippen LogP contribution in [0.2, 0.25) is 0 Å². The third-order valence-corrected chi connectivity index (χ3v) is 2.70. The molecule has 0 aromatic heterocycles. The highest BCUT2D eigenvalue weighted by Crippen LogP contribution is 2.21. The normalized spacial score (nSPS) is 11.6. The molecule has 0 saturated heterocycles. The number of rotatable bonds is 5. The molecule has 90 valence electrons. The Hall–Kier alpha value is -1.34. The molecule has 0 fully saturated rings. The summed E-state index contributed by atoms with van der Waals surface area (Å²) in [6, 6.07) is 7.32. The van der Waals surface area contributed by atoms with Crippen molar-refractivity contribution in [1.29, 1.82) is 5.26 Å². The predicted octanol–water partition coefficient (Wildman–Crippen LogP) is 3.12. The maximum Gasteiger partial charge on any atom is 0.176 e. The first kappa shape index (κ1) is 13.7. The number of ketones is 1. The molecular weight excluding hydrogens is 282 g/mol. The highest BCUT2D eigenvalue weighted by Gasteiger charge is 2.16. The number of alkyl halides is 1. The van der Waals surface area contributed by atoms with Crippen molar-refractivity contribution >= 4 is 21.7 Å². The van der Waals surface area contributed by atoms with Gasteiger partial charge in [0.15, 0.2) is 5.78 Å². The lowest BCUT2D eigenvalue weighted by Gasteiger charge is -2.10. The molecule has 0 radical (unpaired) electrons. The number of nitrogens with zero attached hydrogens (tertiary/aromatic N) is 1. The summed E-state index contributed by atoms with van der Waals surface area (Å²) in [6.45, 7) is 4.21. The van der Waals surface area contributed by atoms with Gasteiger partial charge in [-0.2, -0.15) is 5.26 Å². The van der Waals surface area contributed by atoms with Crippen LogP contribution in [0.4, 0.5) is 0 Å². The largest absolute Gasteiger partial charge is 0.494 e. The molecule has 0 amide bonds. The lowest BCUT2D eigenvalue weighted by molar-refractivity contribution is 0.0994. The maximum atomic E-state index is 12.0. The van der Waals surface area contributed by atoms with Crippen molar-refractivity contribution in [1.82, 2.24) is 0 Å². The van der Waals surface area contributed by atoms with E-state index in [1.807, 2.05) is 6.92 Å². The van der Waals surface area contributed by atoms with E-state index in [2.05, 4.69) is 22.0 Å². The monoisotopic (exact) mass is 295 g/mol. The minimum Gasteiger partial charge on any atom is -0.494 e. The quantitative estimate of drug-likeness (QED) is 0.619. The van der Waals surface area contributed by atoms with Crippen molar-refractivity contribution in [2.75, 3.05) is 6.61 Å². The van der Waals surface area contributed by atoms with Crippen molar-refractivity contribution in [3.05, 3.63) is 29.3 Å². The van der Waals surface area contributed by atoms with Gasteiger partial charge in [0.1, 0.15) is 5.75 Å². The van der Waals surface area contributed by atoms with E-state index in [-0.39, 0.29) is 17.0 Å². The van der Waals surface area contributed by atoms with E-state index >= 15 is 0 Å². The molecule has 0 N–H and O–H groups in total. The zero-order chi connectivity index (χ0) is 12.8. The Morgan fingerprint density at radius 1 is 1.59 bits per heavy atom. The predicted molar refractivity (Wildman–Crippen MR) is 69.6 cm³/mol. The Morgan fingerprint density at radius 2 is 2.29 bits per heavy atom. The number of hydrogen-bond acceptors (Lipinski definition) is 3. The third kappa shape index (κ3) is 3.57. The summed E-state index contributed by atoms with van der Waals surface area (Å²) in [4.78, 5) is 11.7. The first-order valence-corrected chi connectivity index (χ1v) is 6.32. The van der Waals surface area contributed by atoms with Gasteiger partial charge in [-0.1, -0.05) is 22.0 Å². The Bertz CT molecular complexity index is 449.